The Balaban J connectivity index is 2.82. The molecule has 6 heteroatoms. The van der Waals surface area contributed by atoms with Crippen LogP contribution in [0.4, 0.5) is 10.3 Å². The Morgan fingerprint density at radius 1 is 1.16 bits per heavy atom. The third-order valence-corrected chi connectivity index (χ3v) is 3.00. The third kappa shape index (κ3) is 1.99. The van der Waals surface area contributed by atoms with Crippen LogP contribution < -0.4 is 15.2 Å². The van der Waals surface area contributed by atoms with E-state index >= 15 is 0 Å². The van der Waals surface area contributed by atoms with Crippen LogP contribution in [0.25, 0.3) is 11.3 Å². The third-order valence-electron chi connectivity index (χ3n) is 3.00. The molecule has 0 aliphatic heterocycles. The molecule has 0 aliphatic carbocycles. The molecule has 2 aromatic rings. The Labute approximate surface area is 110 Å². The molecule has 0 saturated heterocycles. The molecular formula is C13H15FN2O3. The van der Waals surface area contributed by atoms with E-state index in [1.165, 1.54) is 20.3 Å². The molecule has 0 saturated carbocycles. The first-order valence-electron chi connectivity index (χ1n) is 5.64. The lowest BCUT2D eigenvalue weighted by Crippen LogP contribution is -2.02. The second-order valence-corrected chi connectivity index (χ2v) is 4.12. The largest absolute Gasteiger partial charge is 0.492 e. The van der Waals surface area contributed by atoms with Crippen LogP contribution in [0.2, 0.25) is 0 Å². The number of nitrogen functional groups attached to an aromatic ring is 1. The predicted octanol–water partition coefficient (Wildman–Crippen LogP) is 2.70. The molecule has 0 bridgehead atoms. The molecule has 5 nitrogen and oxygen atoms in total. The number of halogens is 1. The minimum atomic E-state index is -0.366. The van der Waals surface area contributed by atoms with E-state index in [1.54, 1.807) is 13.8 Å². The Bertz CT molecular complexity index is 623. The van der Waals surface area contributed by atoms with Crippen molar-refractivity contribution in [2.24, 2.45) is 0 Å². The fraction of sp³-hybridized carbons (Fsp3) is 0.308. The summed E-state index contributed by atoms with van der Waals surface area (Å²) in [5.74, 6) is 0.528. The molecule has 1 aromatic carbocycles. The van der Waals surface area contributed by atoms with E-state index in [-0.39, 0.29) is 11.7 Å². The zero-order valence-corrected chi connectivity index (χ0v) is 11.2. The summed E-state index contributed by atoms with van der Waals surface area (Å²) in [7, 11) is 2.95. The Morgan fingerprint density at radius 3 is 2.26 bits per heavy atom. The van der Waals surface area contributed by atoms with Gasteiger partial charge in [-0.1, -0.05) is 5.16 Å². The molecule has 0 radical (unpaired) electrons. The number of hydrogen-bond acceptors (Lipinski definition) is 5. The van der Waals surface area contributed by atoms with Gasteiger partial charge in [0.05, 0.1) is 19.8 Å². The van der Waals surface area contributed by atoms with Crippen LogP contribution in [0.1, 0.15) is 11.1 Å². The first kappa shape index (κ1) is 13.2. The molecule has 102 valence electrons. The smallest absolute Gasteiger partial charge is 0.222 e. The van der Waals surface area contributed by atoms with Crippen LogP contribution in [-0.4, -0.2) is 19.4 Å². The van der Waals surface area contributed by atoms with E-state index in [9.17, 15) is 4.39 Å². The van der Waals surface area contributed by atoms with E-state index in [2.05, 4.69) is 5.16 Å². The highest BCUT2D eigenvalue weighted by molar-refractivity contribution is 5.77. The van der Waals surface area contributed by atoms with Gasteiger partial charge in [0.2, 0.25) is 5.88 Å². The van der Waals surface area contributed by atoms with Crippen molar-refractivity contribution in [2.45, 2.75) is 13.8 Å². The molecule has 0 atom stereocenters. The lowest BCUT2D eigenvalue weighted by atomic mass is 9.99. The Kier molecular flexibility index (Phi) is 3.33. The van der Waals surface area contributed by atoms with Crippen molar-refractivity contribution < 1.29 is 18.4 Å². The van der Waals surface area contributed by atoms with Crippen molar-refractivity contribution in [1.82, 2.24) is 5.16 Å². The quantitative estimate of drug-likeness (QED) is 0.924. The average molecular weight is 266 g/mol. The zero-order chi connectivity index (χ0) is 14.2. The van der Waals surface area contributed by atoms with Crippen molar-refractivity contribution in [3.8, 4) is 22.8 Å². The zero-order valence-electron chi connectivity index (χ0n) is 11.2. The number of ether oxygens (including phenoxy) is 2. The standard InChI is InChI=1S/C13H15FN2O3/c1-6-10(8-5-9(15)19-16-8)13(18-4)12(17-3)7(2)11(6)14/h5H,15H2,1-4H3. The van der Waals surface area contributed by atoms with Gasteiger partial charge in [0, 0.05) is 11.6 Å². The molecule has 0 spiro atoms. The van der Waals surface area contributed by atoms with Crippen LogP contribution in [0.3, 0.4) is 0 Å². The molecule has 19 heavy (non-hydrogen) atoms. The number of anilines is 1. The van der Waals surface area contributed by atoms with E-state index < -0.39 is 0 Å². The highest BCUT2D eigenvalue weighted by Gasteiger charge is 2.24. The molecule has 0 fully saturated rings. The average Bonchev–Trinajstić information content (AvgIpc) is 2.81. The lowest BCUT2D eigenvalue weighted by Gasteiger charge is -2.17. The second kappa shape index (κ2) is 4.79. The van der Waals surface area contributed by atoms with Gasteiger partial charge in [0.1, 0.15) is 11.5 Å². The number of benzene rings is 1. The molecule has 0 aliphatic rings. The SMILES string of the molecule is COc1c(C)c(F)c(C)c(-c2cc(N)on2)c1OC. The van der Waals surface area contributed by atoms with E-state index in [1.807, 2.05) is 0 Å². The topological polar surface area (TPSA) is 70.5 Å². The van der Waals surface area contributed by atoms with Crippen molar-refractivity contribution >= 4 is 5.88 Å². The normalized spacial score (nSPS) is 10.6. The Hall–Kier alpha value is -2.24. The molecule has 0 amide bonds. The summed E-state index contributed by atoms with van der Waals surface area (Å²) in [6, 6.07) is 1.51. The minimum absolute atomic E-state index is 0.149. The molecule has 2 N–H and O–H groups in total. The van der Waals surface area contributed by atoms with Gasteiger partial charge in [-0.25, -0.2) is 4.39 Å². The predicted molar refractivity (Wildman–Crippen MR) is 68.9 cm³/mol. The number of hydrogen-bond donors (Lipinski definition) is 1. The summed E-state index contributed by atoms with van der Waals surface area (Å²) in [6.07, 6.45) is 0. The van der Waals surface area contributed by atoms with E-state index in [0.29, 0.717) is 33.9 Å². The Morgan fingerprint density at radius 2 is 1.79 bits per heavy atom. The molecule has 0 unspecified atom stereocenters. The van der Waals surface area contributed by atoms with E-state index in [4.69, 9.17) is 19.7 Å². The summed E-state index contributed by atoms with van der Waals surface area (Å²) >= 11 is 0. The van der Waals surface area contributed by atoms with Gasteiger partial charge in [-0.2, -0.15) is 0 Å². The second-order valence-electron chi connectivity index (χ2n) is 4.12. The fourth-order valence-electron chi connectivity index (χ4n) is 2.10. The number of rotatable bonds is 3. The number of nitrogens with two attached hydrogens (primary N) is 1. The fourth-order valence-corrected chi connectivity index (χ4v) is 2.10. The maximum atomic E-state index is 14.2. The van der Waals surface area contributed by atoms with Gasteiger partial charge in [-0.05, 0) is 19.4 Å². The van der Waals surface area contributed by atoms with Gasteiger partial charge in [-0.15, -0.1) is 0 Å². The highest BCUT2D eigenvalue weighted by Crippen LogP contribution is 2.44. The molecule has 2 rings (SSSR count). The first-order valence-corrected chi connectivity index (χ1v) is 5.64. The van der Waals surface area contributed by atoms with Gasteiger partial charge in [0.25, 0.3) is 0 Å². The molecular weight excluding hydrogens is 251 g/mol. The van der Waals surface area contributed by atoms with Gasteiger partial charge >= 0.3 is 0 Å². The van der Waals surface area contributed by atoms with Crippen LogP contribution in [0, 0.1) is 19.7 Å². The van der Waals surface area contributed by atoms with Crippen molar-refractivity contribution in [3.63, 3.8) is 0 Å². The summed E-state index contributed by atoms with van der Waals surface area (Å²) in [4.78, 5) is 0. The van der Waals surface area contributed by atoms with Crippen molar-refractivity contribution in [1.29, 1.82) is 0 Å². The number of nitrogens with zero attached hydrogens (tertiary/aromatic N) is 1. The number of methoxy groups -OCH3 is 2. The van der Waals surface area contributed by atoms with E-state index in [0.717, 1.165) is 0 Å². The molecule has 1 heterocycles. The van der Waals surface area contributed by atoms with Crippen molar-refractivity contribution in [2.75, 3.05) is 20.0 Å². The van der Waals surface area contributed by atoms with Crippen molar-refractivity contribution in [3.05, 3.63) is 23.0 Å². The summed E-state index contributed by atoms with van der Waals surface area (Å²) in [6.45, 7) is 3.27. The van der Waals surface area contributed by atoms with Crippen LogP contribution in [0.5, 0.6) is 11.5 Å². The number of aromatic nitrogens is 1. The first-order chi connectivity index (χ1) is 9.01. The maximum Gasteiger partial charge on any atom is 0.222 e. The lowest BCUT2D eigenvalue weighted by molar-refractivity contribution is 0.350. The molecule has 1 aromatic heterocycles. The summed E-state index contributed by atoms with van der Waals surface area (Å²) in [5, 5.41) is 3.80. The summed E-state index contributed by atoms with van der Waals surface area (Å²) < 4.78 is 29.6. The highest BCUT2D eigenvalue weighted by atomic mass is 19.1. The van der Waals surface area contributed by atoms with Crippen LogP contribution >= 0.6 is 0 Å². The van der Waals surface area contributed by atoms with Crippen LogP contribution in [0.15, 0.2) is 10.6 Å². The van der Waals surface area contributed by atoms with Gasteiger partial charge in [-0.3, -0.25) is 0 Å². The van der Waals surface area contributed by atoms with Gasteiger partial charge in [0.15, 0.2) is 11.5 Å². The maximum absolute atomic E-state index is 14.2. The summed E-state index contributed by atoms with van der Waals surface area (Å²) in [5.41, 5.74) is 7.17. The van der Waals surface area contributed by atoms with Gasteiger partial charge < -0.3 is 19.7 Å². The minimum Gasteiger partial charge on any atom is -0.492 e. The van der Waals surface area contributed by atoms with Crippen LogP contribution in [-0.2, 0) is 0 Å². The monoisotopic (exact) mass is 266 g/mol.